The quantitative estimate of drug-likeness (QED) is 0.620. The van der Waals surface area contributed by atoms with Crippen LogP contribution in [0.15, 0.2) is 65.0 Å². The van der Waals surface area contributed by atoms with Crippen LogP contribution < -0.4 is 0 Å². The van der Waals surface area contributed by atoms with Gasteiger partial charge in [-0.3, -0.25) is 0 Å². The van der Waals surface area contributed by atoms with Crippen LogP contribution in [0.4, 0.5) is 0 Å². The van der Waals surface area contributed by atoms with Gasteiger partial charge in [0.15, 0.2) is 0 Å². The van der Waals surface area contributed by atoms with E-state index in [0.717, 1.165) is 11.9 Å². The standard InChI is InChI=1S/C19H21OP/c1-19(2,3)21-13-16(15-8-5-4-6-9-15)12-17(14-21)18-10-7-11-20-18/h4-12,14H,13H2,1-3H3. The van der Waals surface area contributed by atoms with Gasteiger partial charge in [0.2, 0.25) is 0 Å². The zero-order valence-electron chi connectivity index (χ0n) is 12.8. The van der Waals surface area contributed by atoms with E-state index in [4.69, 9.17) is 4.42 Å². The first-order valence-corrected chi connectivity index (χ1v) is 8.92. The van der Waals surface area contributed by atoms with Crippen LogP contribution in [0.3, 0.4) is 0 Å². The van der Waals surface area contributed by atoms with E-state index in [0.29, 0.717) is 5.16 Å². The first kappa shape index (κ1) is 14.4. The Kier molecular flexibility index (Phi) is 3.87. The highest BCUT2D eigenvalue weighted by molar-refractivity contribution is 7.63. The van der Waals surface area contributed by atoms with Crippen molar-refractivity contribution >= 4 is 19.1 Å². The summed E-state index contributed by atoms with van der Waals surface area (Å²) < 4.78 is 5.62. The third kappa shape index (κ3) is 3.19. The Hall–Kier alpha value is -1.59. The summed E-state index contributed by atoms with van der Waals surface area (Å²) in [6, 6.07) is 14.7. The summed E-state index contributed by atoms with van der Waals surface area (Å²) in [6.45, 7) is 7.01. The van der Waals surface area contributed by atoms with Crippen molar-refractivity contribution < 1.29 is 4.42 Å². The van der Waals surface area contributed by atoms with E-state index < -0.39 is 0 Å². The molecule has 1 unspecified atom stereocenters. The first-order valence-electron chi connectivity index (χ1n) is 7.32. The van der Waals surface area contributed by atoms with Crippen LogP contribution >= 0.6 is 7.92 Å². The van der Waals surface area contributed by atoms with Gasteiger partial charge in [-0.25, -0.2) is 0 Å². The Labute approximate surface area is 128 Å². The number of benzene rings is 1. The Bertz CT molecular complexity index is 657. The highest BCUT2D eigenvalue weighted by Crippen LogP contribution is 2.57. The summed E-state index contributed by atoms with van der Waals surface area (Å²) in [7, 11) is -0.210. The van der Waals surface area contributed by atoms with Gasteiger partial charge in [0.05, 0.1) is 6.26 Å². The minimum absolute atomic E-state index is 0.210. The maximum atomic E-state index is 5.62. The van der Waals surface area contributed by atoms with Crippen molar-refractivity contribution in [3.63, 3.8) is 0 Å². The summed E-state index contributed by atoms with van der Waals surface area (Å²) in [5.74, 6) is 3.40. The molecule has 0 saturated carbocycles. The molecule has 3 rings (SSSR count). The average Bonchev–Trinajstić information content (AvgIpc) is 3.01. The van der Waals surface area contributed by atoms with Gasteiger partial charge in [-0.05, 0) is 46.5 Å². The van der Waals surface area contributed by atoms with Crippen molar-refractivity contribution in [3.05, 3.63) is 71.9 Å². The molecular formula is C19H21OP. The maximum Gasteiger partial charge on any atom is 0.133 e. The van der Waals surface area contributed by atoms with Crippen molar-refractivity contribution in [1.82, 2.24) is 0 Å². The van der Waals surface area contributed by atoms with Crippen LogP contribution in [-0.2, 0) is 0 Å². The van der Waals surface area contributed by atoms with Gasteiger partial charge in [0.25, 0.3) is 0 Å². The molecule has 0 aliphatic carbocycles. The van der Waals surface area contributed by atoms with Crippen molar-refractivity contribution in [1.29, 1.82) is 0 Å². The SMILES string of the molecule is CC(C)(C)P1C=C(c2ccco2)C=C(c2ccccc2)C1. The summed E-state index contributed by atoms with van der Waals surface area (Å²) in [5, 5.41) is 0.307. The van der Waals surface area contributed by atoms with Gasteiger partial charge in [-0.15, -0.1) is 0 Å². The molecule has 0 N–H and O–H groups in total. The molecule has 2 heteroatoms. The number of rotatable bonds is 2. The summed E-state index contributed by atoms with van der Waals surface area (Å²) >= 11 is 0. The molecule has 0 amide bonds. The number of hydrogen-bond acceptors (Lipinski definition) is 1. The Morgan fingerprint density at radius 2 is 1.76 bits per heavy atom. The van der Waals surface area contributed by atoms with Gasteiger partial charge >= 0.3 is 0 Å². The van der Waals surface area contributed by atoms with E-state index in [9.17, 15) is 0 Å². The second kappa shape index (κ2) is 5.66. The molecule has 0 radical (unpaired) electrons. The smallest absolute Gasteiger partial charge is 0.133 e. The van der Waals surface area contributed by atoms with E-state index in [1.807, 2.05) is 12.1 Å². The molecule has 2 heterocycles. The molecule has 1 aromatic carbocycles. The Balaban J connectivity index is 2.03. The lowest BCUT2D eigenvalue weighted by Crippen LogP contribution is -2.14. The maximum absolute atomic E-state index is 5.62. The molecular weight excluding hydrogens is 275 g/mol. The molecule has 108 valence electrons. The molecule has 0 spiro atoms. The van der Waals surface area contributed by atoms with Gasteiger partial charge in [0.1, 0.15) is 5.76 Å². The average molecular weight is 296 g/mol. The highest BCUT2D eigenvalue weighted by Gasteiger charge is 2.27. The lowest BCUT2D eigenvalue weighted by molar-refractivity contribution is 0.554. The van der Waals surface area contributed by atoms with Crippen LogP contribution in [0.25, 0.3) is 11.1 Å². The fraction of sp³-hybridized carbons (Fsp3) is 0.263. The zero-order chi connectivity index (χ0) is 14.9. The summed E-state index contributed by atoms with van der Waals surface area (Å²) in [5.41, 5.74) is 3.98. The molecule has 1 aliphatic rings. The molecule has 2 aromatic rings. The molecule has 21 heavy (non-hydrogen) atoms. The lowest BCUT2D eigenvalue weighted by Gasteiger charge is -2.32. The second-order valence-electron chi connectivity index (χ2n) is 6.40. The van der Waals surface area contributed by atoms with Crippen molar-refractivity contribution in [2.24, 2.45) is 0 Å². The molecule has 1 aliphatic heterocycles. The van der Waals surface area contributed by atoms with E-state index >= 15 is 0 Å². The van der Waals surface area contributed by atoms with Gasteiger partial charge in [0, 0.05) is 5.57 Å². The van der Waals surface area contributed by atoms with Crippen LogP contribution in [0.2, 0.25) is 0 Å². The number of hydrogen-bond donors (Lipinski definition) is 0. The lowest BCUT2D eigenvalue weighted by atomic mass is 10.0. The van der Waals surface area contributed by atoms with Crippen LogP contribution in [0, 0.1) is 0 Å². The van der Waals surface area contributed by atoms with E-state index in [-0.39, 0.29) is 7.92 Å². The van der Waals surface area contributed by atoms with Crippen molar-refractivity contribution in [2.45, 2.75) is 25.9 Å². The predicted octanol–water partition coefficient (Wildman–Crippen LogP) is 6.00. The summed E-state index contributed by atoms with van der Waals surface area (Å²) in [4.78, 5) is 0. The molecule has 1 nitrogen and oxygen atoms in total. The molecule has 0 saturated heterocycles. The topological polar surface area (TPSA) is 13.1 Å². The molecule has 1 aromatic heterocycles. The Morgan fingerprint density at radius 3 is 2.38 bits per heavy atom. The van der Waals surface area contributed by atoms with E-state index in [1.54, 1.807) is 6.26 Å². The molecule has 1 atom stereocenters. The van der Waals surface area contributed by atoms with Crippen LogP contribution in [0.1, 0.15) is 32.1 Å². The van der Waals surface area contributed by atoms with Gasteiger partial charge in [-0.1, -0.05) is 59.0 Å². The zero-order valence-corrected chi connectivity index (χ0v) is 13.7. The van der Waals surface area contributed by atoms with Crippen molar-refractivity contribution in [3.8, 4) is 0 Å². The minimum Gasteiger partial charge on any atom is -0.464 e. The Morgan fingerprint density at radius 1 is 1.00 bits per heavy atom. The largest absolute Gasteiger partial charge is 0.464 e. The third-order valence-electron chi connectivity index (χ3n) is 3.78. The predicted molar refractivity (Wildman–Crippen MR) is 92.6 cm³/mol. The number of furan rings is 1. The first-order chi connectivity index (χ1) is 10.0. The number of allylic oxidation sites excluding steroid dienone is 3. The second-order valence-corrected chi connectivity index (χ2v) is 9.25. The molecule has 0 bridgehead atoms. The normalized spacial score (nSPS) is 19.1. The van der Waals surface area contributed by atoms with Crippen LogP contribution in [0.5, 0.6) is 0 Å². The van der Waals surface area contributed by atoms with Gasteiger partial charge in [-0.2, -0.15) is 0 Å². The molecule has 0 fully saturated rings. The third-order valence-corrected chi connectivity index (χ3v) is 6.77. The summed E-state index contributed by atoms with van der Waals surface area (Å²) in [6.07, 6.45) is 5.19. The monoisotopic (exact) mass is 296 g/mol. The fourth-order valence-corrected chi connectivity index (χ4v) is 4.63. The highest BCUT2D eigenvalue weighted by atomic mass is 31.1. The van der Waals surface area contributed by atoms with E-state index in [1.165, 1.54) is 16.7 Å². The fourth-order valence-electron chi connectivity index (χ4n) is 2.50. The van der Waals surface area contributed by atoms with E-state index in [2.05, 4.69) is 63.0 Å². The van der Waals surface area contributed by atoms with Crippen molar-refractivity contribution in [2.75, 3.05) is 6.16 Å². The van der Waals surface area contributed by atoms with Gasteiger partial charge < -0.3 is 4.42 Å². The minimum atomic E-state index is -0.210. The van der Waals surface area contributed by atoms with Crippen LogP contribution in [-0.4, -0.2) is 11.3 Å².